The number of esters is 3. The van der Waals surface area contributed by atoms with Gasteiger partial charge in [0.2, 0.25) is 0 Å². The molecule has 1 saturated carbocycles. The largest absolute Gasteiger partial charge is 0.460 e. The van der Waals surface area contributed by atoms with Gasteiger partial charge in [0.05, 0.1) is 17.3 Å². The minimum absolute atomic E-state index is 0.128. The summed E-state index contributed by atoms with van der Waals surface area (Å²) in [7, 11) is 0. The number of ether oxygens (including phenoxy) is 3. The quantitative estimate of drug-likeness (QED) is 0.403. The average molecular weight is 404 g/mol. The number of carbonyl (C=O) groups is 4. The molecule has 0 amide bonds. The molecule has 7 heteroatoms. The third kappa shape index (κ3) is 3.20. The van der Waals surface area contributed by atoms with Crippen LogP contribution in [0.15, 0.2) is 24.3 Å². The maximum atomic E-state index is 13.0. The summed E-state index contributed by atoms with van der Waals surface area (Å²) in [6.45, 7) is 12.4. The standard InChI is InChI=1S/C22H28O7/c1-7-10(2)20(25)29-19-16-12(4)21(26)28-18(16)17(27-13(5)23)11(3)14-8-9-15(24)22(14,19)6/h8-11,14,16-19H,4,7H2,1-3,5-6H3/t10?,11-,14-,16+,17+,18-,19-,22-/m0/s1. The van der Waals surface area contributed by atoms with Crippen LogP contribution in [0.4, 0.5) is 0 Å². The van der Waals surface area contributed by atoms with E-state index < -0.39 is 47.6 Å². The van der Waals surface area contributed by atoms with E-state index in [-0.39, 0.29) is 29.1 Å². The zero-order valence-corrected chi connectivity index (χ0v) is 17.5. The van der Waals surface area contributed by atoms with Crippen LogP contribution in [0.1, 0.15) is 41.0 Å². The van der Waals surface area contributed by atoms with Crippen molar-refractivity contribution in [3.8, 4) is 0 Å². The van der Waals surface area contributed by atoms with Gasteiger partial charge in [-0.1, -0.05) is 33.4 Å². The number of ketones is 1. The van der Waals surface area contributed by atoms with Crippen molar-refractivity contribution in [3.63, 3.8) is 0 Å². The van der Waals surface area contributed by atoms with Crippen LogP contribution in [0.5, 0.6) is 0 Å². The van der Waals surface area contributed by atoms with Crippen molar-refractivity contribution in [1.29, 1.82) is 0 Å². The second-order valence-corrected chi connectivity index (χ2v) is 8.55. The van der Waals surface area contributed by atoms with Crippen LogP contribution in [0.3, 0.4) is 0 Å². The molecule has 2 fully saturated rings. The van der Waals surface area contributed by atoms with Crippen molar-refractivity contribution in [2.75, 3.05) is 0 Å². The van der Waals surface area contributed by atoms with Crippen molar-refractivity contribution in [2.45, 2.75) is 59.4 Å². The average Bonchev–Trinajstić information content (AvgIpc) is 3.11. The van der Waals surface area contributed by atoms with E-state index in [1.165, 1.54) is 13.0 Å². The lowest BCUT2D eigenvalue weighted by Crippen LogP contribution is -2.49. The minimum atomic E-state index is -1.11. The predicted octanol–water partition coefficient (Wildman–Crippen LogP) is 2.38. The summed E-state index contributed by atoms with van der Waals surface area (Å²) in [6.07, 6.45) is 1.23. The van der Waals surface area contributed by atoms with Crippen molar-refractivity contribution in [2.24, 2.45) is 29.1 Å². The highest BCUT2D eigenvalue weighted by atomic mass is 16.6. The number of fused-ring (bicyclic) bond motifs is 2. The Bertz CT molecular complexity index is 797. The molecule has 0 aromatic rings. The third-order valence-electron chi connectivity index (χ3n) is 6.83. The van der Waals surface area contributed by atoms with E-state index in [4.69, 9.17) is 14.2 Å². The zero-order valence-electron chi connectivity index (χ0n) is 17.5. The summed E-state index contributed by atoms with van der Waals surface area (Å²) < 4.78 is 17.0. The van der Waals surface area contributed by atoms with E-state index in [0.29, 0.717) is 6.42 Å². The van der Waals surface area contributed by atoms with Gasteiger partial charge in [-0.2, -0.15) is 0 Å². The molecular weight excluding hydrogens is 376 g/mol. The third-order valence-corrected chi connectivity index (χ3v) is 6.83. The normalized spacial score (nSPS) is 39.3. The summed E-state index contributed by atoms with van der Waals surface area (Å²) in [4.78, 5) is 49.9. The topological polar surface area (TPSA) is 96.0 Å². The van der Waals surface area contributed by atoms with Gasteiger partial charge in [0.25, 0.3) is 0 Å². The van der Waals surface area contributed by atoms with Gasteiger partial charge >= 0.3 is 17.9 Å². The molecule has 0 aromatic carbocycles. The Hall–Kier alpha value is -2.44. The highest BCUT2D eigenvalue weighted by Gasteiger charge is 2.65. The van der Waals surface area contributed by atoms with Gasteiger partial charge in [0.15, 0.2) is 5.78 Å². The first-order valence-corrected chi connectivity index (χ1v) is 10.0. The Labute approximate surface area is 170 Å². The van der Waals surface area contributed by atoms with Crippen LogP contribution < -0.4 is 0 Å². The Morgan fingerprint density at radius 1 is 1.31 bits per heavy atom. The molecule has 1 aliphatic heterocycles. The predicted molar refractivity (Wildman–Crippen MR) is 102 cm³/mol. The molecule has 3 aliphatic rings. The summed E-state index contributed by atoms with van der Waals surface area (Å²) in [5, 5.41) is 0. The van der Waals surface area contributed by atoms with Gasteiger partial charge in [-0.25, -0.2) is 4.79 Å². The van der Waals surface area contributed by atoms with Gasteiger partial charge in [-0.05, 0) is 25.3 Å². The van der Waals surface area contributed by atoms with Crippen molar-refractivity contribution in [1.82, 2.24) is 0 Å². The van der Waals surface area contributed by atoms with Crippen molar-refractivity contribution in [3.05, 3.63) is 24.3 Å². The van der Waals surface area contributed by atoms with Crippen LogP contribution in [0, 0.1) is 29.1 Å². The maximum Gasteiger partial charge on any atom is 0.334 e. The smallest absolute Gasteiger partial charge is 0.334 e. The van der Waals surface area contributed by atoms with Crippen LogP contribution in [-0.2, 0) is 33.4 Å². The summed E-state index contributed by atoms with van der Waals surface area (Å²) >= 11 is 0. The van der Waals surface area contributed by atoms with Gasteiger partial charge in [-0.15, -0.1) is 0 Å². The summed E-state index contributed by atoms with van der Waals surface area (Å²) in [5.41, 5.74) is -0.986. The molecule has 1 heterocycles. The molecule has 3 rings (SSSR count). The van der Waals surface area contributed by atoms with E-state index in [1.807, 2.05) is 13.8 Å². The fourth-order valence-electron chi connectivity index (χ4n) is 4.87. The molecule has 158 valence electrons. The lowest BCUT2D eigenvalue weighted by molar-refractivity contribution is -0.171. The molecule has 0 radical (unpaired) electrons. The first-order valence-electron chi connectivity index (χ1n) is 10.0. The highest BCUT2D eigenvalue weighted by molar-refractivity contribution is 5.99. The number of hydrogen-bond donors (Lipinski definition) is 0. The highest BCUT2D eigenvalue weighted by Crippen LogP contribution is 2.55. The fraction of sp³-hybridized carbons (Fsp3) is 0.636. The number of rotatable bonds is 4. The summed E-state index contributed by atoms with van der Waals surface area (Å²) in [5.74, 6) is -3.62. The second kappa shape index (κ2) is 7.43. The lowest BCUT2D eigenvalue weighted by atomic mass is 9.67. The Kier molecular flexibility index (Phi) is 5.45. The second-order valence-electron chi connectivity index (χ2n) is 8.55. The molecule has 1 saturated heterocycles. The number of carbonyl (C=O) groups excluding carboxylic acids is 4. The first-order chi connectivity index (χ1) is 13.5. The Balaban J connectivity index is 2.14. The monoisotopic (exact) mass is 404 g/mol. The van der Waals surface area contributed by atoms with Crippen LogP contribution in [0.25, 0.3) is 0 Å². The molecule has 29 heavy (non-hydrogen) atoms. The molecule has 1 unspecified atom stereocenters. The van der Waals surface area contributed by atoms with Gasteiger partial charge in [0, 0.05) is 18.4 Å². The molecule has 0 spiro atoms. The Morgan fingerprint density at radius 3 is 2.55 bits per heavy atom. The van der Waals surface area contributed by atoms with Crippen LogP contribution >= 0.6 is 0 Å². The Morgan fingerprint density at radius 2 is 1.97 bits per heavy atom. The first kappa shape index (κ1) is 21.3. The number of allylic oxidation sites excluding steroid dienone is 2. The molecule has 0 bridgehead atoms. The van der Waals surface area contributed by atoms with Gasteiger partial charge in [0.1, 0.15) is 18.3 Å². The van der Waals surface area contributed by atoms with E-state index >= 15 is 0 Å². The van der Waals surface area contributed by atoms with Crippen LogP contribution in [-0.4, -0.2) is 42.0 Å². The maximum absolute atomic E-state index is 13.0. The van der Waals surface area contributed by atoms with Gasteiger partial charge in [-0.3, -0.25) is 14.4 Å². The van der Waals surface area contributed by atoms with Crippen LogP contribution in [0.2, 0.25) is 0 Å². The lowest BCUT2D eigenvalue weighted by Gasteiger charge is -2.39. The van der Waals surface area contributed by atoms with E-state index in [9.17, 15) is 19.2 Å². The zero-order chi connectivity index (χ0) is 21.7. The molecule has 0 N–H and O–H groups in total. The molecular formula is C22H28O7. The molecule has 0 aromatic heterocycles. The number of hydrogen-bond acceptors (Lipinski definition) is 7. The molecule has 2 aliphatic carbocycles. The van der Waals surface area contributed by atoms with Gasteiger partial charge < -0.3 is 14.2 Å². The fourth-order valence-corrected chi connectivity index (χ4v) is 4.87. The van der Waals surface area contributed by atoms with E-state index in [0.717, 1.165) is 0 Å². The minimum Gasteiger partial charge on any atom is -0.460 e. The van der Waals surface area contributed by atoms with E-state index in [1.54, 1.807) is 19.9 Å². The van der Waals surface area contributed by atoms with Crippen molar-refractivity contribution < 1.29 is 33.4 Å². The van der Waals surface area contributed by atoms with E-state index in [2.05, 4.69) is 6.58 Å². The molecule has 7 nitrogen and oxygen atoms in total. The summed E-state index contributed by atoms with van der Waals surface area (Å²) in [6, 6.07) is 0. The SMILES string of the molecule is C=C1C(=O)O[C@@H]2[C@H](OC(C)=O)[C@@H](C)[C@@H]3C=CC(=O)[C@@]3(C)[C@@H](OC(=O)C(C)CC)[C@H]12. The van der Waals surface area contributed by atoms with Crippen molar-refractivity contribution >= 4 is 23.7 Å². The molecule has 8 atom stereocenters.